The van der Waals surface area contributed by atoms with Gasteiger partial charge < -0.3 is 4.74 Å². The van der Waals surface area contributed by atoms with E-state index in [1.165, 1.54) is 7.11 Å². The molecule has 0 saturated carbocycles. The van der Waals surface area contributed by atoms with E-state index in [2.05, 4.69) is 0 Å². The van der Waals surface area contributed by atoms with Gasteiger partial charge in [-0.25, -0.2) is 0 Å². The highest BCUT2D eigenvalue weighted by Gasteiger charge is 2.43. The van der Waals surface area contributed by atoms with Crippen molar-refractivity contribution in [2.45, 2.75) is 24.4 Å². The van der Waals surface area contributed by atoms with Crippen molar-refractivity contribution in [3.8, 4) is 0 Å². The molecule has 3 nitrogen and oxygen atoms in total. The first-order valence-electron chi connectivity index (χ1n) is 9.02. The molecule has 0 amide bonds. The number of ether oxygens (including phenoxy) is 1. The molecule has 0 bridgehead atoms. The second-order valence-electron chi connectivity index (χ2n) is 6.75. The zero-order valence-electron chi connectivity index (χ0n) is 15.6. The lowest BCUT2D eigenvalue weighted by Gasteiger charge is -2.26. The molecule has 3 aromatic rings. The highest BCUT2D eigenvalue weighted by atomic mass is 19.4. The van der Waals surface area contributed by atoms with Crippen LogP contribution >= 0.6 is 0 Å². The van der Waals surface area contributed by atoms with Crippen LogP contribution in [0.5, 0.6) is 0 Å². The third kappa shape index (κ3) is 4.65. The number of esters is 1. The molecule has 0 saturated heterocycles. The molecule has 0 spiro atoms. The quantitative estimate of drug-likeness (QED) is 0.520. The summed E-state index contributed by atoms with van der Waals surface area (Å²) in [7, 11) is 1.18. The molecule has 0 aliphatic heterocycles. The van der Waals surface area contributed by atoms with E-state index in [-0.39, 0.29) is 0 Å². The molecule has 0 radical (unpaired) electrons. The molecule has 29 heavy (non-hydrogen) atoms. The number of methoxy groups -OCH3 is 1. The van der Waals surface area contributed by atoms with E-state index in [1.54, 1.807) is 48.5 Å². The van der Waals surface area contributed by atoms with Gasteiger partial charge in [0, 0.05) is 12.3 Å². The van der Waals surface area contributed by atoms with Crippen LogP contribution < -0.4 is 0 Å². The summed E-state index contributed by atoms with van der Waals surface area (Å²) in [5.74, 6) is -4.64. The van der Waals surface area contributed by atoms with Crippen molar-refractivity contribution in [2.75, 3.05) is 7.11 Å². The molecule has 3 aromatic carbocycles. The van der Waals surface area contributed by atoms with Gasteiger partial charge in [0.2, 0.25) is 5.78 Å². The standard InChI is InChI=1S/C23H19F3O3/c1-29-22(28)21(18-12-11-15-7-5-6-10-17(15)13-18)19(14-20(27)23(24,25)26)16-8-3-2-4-9-16/h2-13,19,21H,14H2,1H3/t19-,21-/m0/s1. The molecule has 3 rings (SSSR count). The molecule has 0 aliphatic rings. The molecule has 150 valence electrons. The van der Waals surface area contributed by atoms with Crippen molar-refractivity contribution in [1.29, 1.82) is 0 Å². The number of hydrogen-bond donors (Lipinski definition) is 0. The van der Waals surface area contributed by atoms with Gasteiger partial charge in [0.15, 0.2) is 0 Å². The number of carbonyl (C=O) groups excluding carboxylic acids is 2. The topological polar surface area (TPSA) is 43.4 Å². The monoisotopic (exact) mass is 400 g/mol. The second kappa shape index (κ2) is 8.47. The Morgan fingerprint density at radius 1 is 0.862 bits per heavy atom. The molecule has 0 N–H and O–H groups in total. The minimum absolute atomic E-state index is 0.466. The molecule has 2 atom stereocenters. The Bertz CT molecular complexity index is 1010. The molecular formula is C23H19F3O3. The summed E-state index contributed by atoms with van der Waals surface area (Å²) >= 11 is 0. The van der Waals surface area contributed by atoms with Gasteiger partial charge in [-0.05, 0) is 21.9 Å². The summed E-state index contributed by atoms with van der Waals surface area (Å²) in [4.78, 5) is 24.5. The number of alkyl halides is 3. The third-order valence-electron chi connectivity index (χ3n) is 4.94. The first-order valence-corrected chi connectivity index (χ1v) is 9.02. The summed E-state index contributed by atoms with van der Waals surface area (Å²) in [5.41, 5.74) is 0.966. The molecular weight excluding hydrogens is 381 g/mol. The molecule has 0 unspecified atom stereocenters. The van der Waals surface area contributed by atoms with Crippen LogP contribution in [0.3, 0.4) is 0 Å². The number of carbonyl (C=O) groups is 2. The van der Waals surface area contributed by atoms with Crippen molar-refractivity contribution >= 4 is 22.5 Å². The molecule has 6 heteroatoms. The van der Waals surface area contributed by atoms with Gasteiger partial charge in [0.05, 0.1) is 13.0 Å². The number of fused-ring (bicyclic) bond motifs is 1. The van der Waals surface area contributed by atoms with Crippen LogP contribution in [0.4, 0.5) is 13.2 Å². The number of halogens is 3. The maximum Gasteiger partial charge on any atom is 0.449 e. The molecule has 0 aliphatic carbocycles. The lowest BCUT2D eigenvalue weighted by Crippen LogP contribution is -2.29. The third-order valence-corrected chi connectivity index (χ3v) is 4.94. The Hall–Kier alpha value is -3.15. The van der Waals surface area contributed by atoms with Crippen LogP contribution in [-0.2, 0) is 14.3 Å². The van der Waals surface area contributed by atoms with Crippen LogP contribution in [0.1, 0.15) is 29.4 Å². The van der Waals surface area contributed by atoms with Gasteiger partial charge in [-0.1, -0.05) is 72.8 Å². The minimum atomic E-state index is -4.98. The Morgan fingerprint density at radius 3 is 2.10 bits per heavy atom. The number of rotatable bonds is 6. The van der Waals surface area contributed by atoms with Gasteiger partial charge in [-0.2, -0.15) is 13.2 Å². The Kier molecular flexibility index (Phi) is 6.01. The Labute approximate surface area is 166 Å². The second-order valence-corrected chi connectivity index (χ2v) is 6.75. The van der Waals surface area contributed by atoms with E-state index < -0.39 is 36.2 Å². The predicted octanol–water partition coefficient (Wildman–Crippen LogP) is 5.40. The summed E-state index contributed by atoms with van der Waals surface area (Å²) in [6, 6.07) is 21.0. The van der Waals surface area contributed by atoms with Crippen LogP contribution in [-0.4, -0.2) is 25.0 Å². The summed E-state index contributed by atoms with van der Waals surface area (Å²) in [5, 5.41) is 1.77. The Morgan fingerprint density at radius 2 is 1.48 bits per heavy atom. The first kappa shape index (κ1) is 20.6. The van der Waals surface area contributed by atoms with Gasteiger partial charge in [0.1, 0.15) is 0 Å². The normalized spacial score (nSPS) is 13.7. The zero-order chi connectivity index (χ0) is 21.0. The van der Waals surface area contributed by atoms with Crippen LogP contribution in [0.2, 0.25) is 0 Å². The molecule has 0 aromatic heterocycles. The molecule has 0 heterocycles. The fourth-order valence-corrected chi connectivity index (χ4v) is 3.50. The van der Waals surface area contributed by atoms with Crippen LogP contribution in [0.25, 0.3) is 10.8 Å². The SMILES string of the molecule is COC(=O)[C@@H](c1ccc2ccccc2c1)[C@@H](CC(=O)C(F)(F)F)c1ccccc1. The van der Waals surface area contributed by atoms with Gasteiger partial charge in [-0.3, -0.25) is 9.59 Å². The maximum atomic E-state index is 13.0. The van der Waals surface area contributed by atoms with Crippen LogP contribution in [0.15, 0.2) is 72.8 Å². The average Bonchev–Trinajstić information content (AvgIpc) is 2.72. The highest BCUT2D eigenvalue weighted by Crippen LogP contribution is 2.39. The summed E-state index contributed by atoms with van der Waals surface area (Å²) in [6.07, 6.45) is -5.82. The average molecular weight is 400 g/mol. The predicted molar refractivity (Wildman–Crippen MR) is 104 cm³/mol. The number of benzene rings is 3. The number of hydrogen-bond acceptors (Lipinski definition) is 3. The first-order chi connectivity index (χ1) is 13.8. The van der Waals surface area contributed by atoms with E-state index in [4.69, 9.17) is 4.74 Å². The smallest absolute Gasteiger partial charge is 0.449 e. The summed E-state index contributed by atoms with van der Waals surface area (Å²) in [6.45, 7) is 0. The number of Topliss-reactive ketones (excluding diaryl/α,β-unsaturated/α-hetero) is 1. The molecule has 0 fully saturated rings. The van der Waals surface area contributed by atoms with Crippen molar-refractivity contribution in [2.24, 2.45) is 0 Å². The summed E-state index contributed by atoms with van der Waals surface area (Å²) < 4.78 is 44.0. The Balaban J connectivity index is 2.12. The lowest BCUT2D eigenvalue weighted by molar-refractivity contribution is -0.171. The van der Waals surface area contributed by atoms with Crippen molar-refractivity contribution in [1.82, 2.24) is 0 Å². The van der Waals surface area contributed by atoms with Gasteiger partial charge >= 0.3 is 12.1 Å². The van der Waals surface area contributed by atoms with E-state index in [1.807, 2.05) is 24.3 Å². The fraction of sp³-hybridized carbons (Fsp3) is 0.217. The van der Waals surface area contributed by atoms with Gasteiger partial charge in [0.25, 0.3) is 0 Å². The lowest BCUT2D eigenvalue weighted by atomic mass is 9.78. The van der Waals surface area contributed by atoms with E-state index in [0.717, 1.165) is 10.8 Å². The minimum Gasteiger partial charge on any atom is -0.469 e. The number of ketones is 1. The van der Waals surface area contributed by atoms with Crippen LogP contribution in [0, 0.1) is 0 Å². The largest absolute Gasteiger partial charge is 0.469 e. The fourth-order valence-electron chi connectivity index (χ4n) is 3.50. The zero-order valence-corrected chi connectivity index (χ0v) is 15.6. The highest BCUT2D eigenvalue weighted by molar-refractivity contribution is 5.89. The van der Waals surface area contributed by atoms with Gasteiger partial charge in [-0.15, -0.1) is 0 Å². The van der Waals surface area contributed by atoms with E-state index in [0.29, 0.717) is 11.1 Å². The van der Waals surface area contributed by atoms with E-state index in [9.17, 15) is 22.8 Å². The van der Waals surface area contributed by atoms with E-state index >= 15 is 0 Å². The van der Waals surface area contributed by atoms with Crippen molar-refractivity contribution in [3.05, 3.63) is 83.9 Å². The maximum absolute atomic E-state index is 13.0. The van der Waals surface area contributed by atoms with Crippen molar-refractivity contribution in [3.63, 3.8) is 0 Å². The van der Waals surface area contributed by atoms with Crippen molar-refractivity contribution < 1.29 is 27.5 Å².